The van der Waals surface area contributed by atoms with Crippen LogP contribution in [-0.2, 0) is 4.79 Å². The molecule has 1 radical (unpaired) electrons. The minimum absolute atomic E-state index is 0.449. The van der Waals surface area contributed by atoms with Crippen LogP contribution >= 0.6 is 11.6 Å². The van der Waals surface area contributed by atoms with Crippen molar-refractivity contribution >= 4 is 17.9 Å². The molecule has 2 heteroatoms. The van der Waals surface area contributed by atoms with E-state index in [1.54, 1.807) is 13.2 Å². The third-order valence-corrected chi connectivity index (χ3v) is 0.251. The lowest BCUT2D eigenvalue weighted by atomic mass is 10.6. The van der Waals surface area contributed by atoms with Crippen molar-refractivity contribution in [2.75, 3.05) is 0 Å². The van der Waals surface area contributed by atoms with Crippen molar-refractivity contribution < 1.29 is 4.79 Å². The Morgan fingerprint density at radius 1 is 2.00 bits per heavy atom. The molecule has 0 saturated heterocycles. The van der Waals surface area contributed by atoms with Gasteiger partial charge in [0.05, 0.1) is 5.38 Å². The van der Waals surface area contributed by atoms with Crippen molar-refractivity contribution in [3.05, 3.63) is 0 Å². The van der Waals surface area contributed by atoms with Gasteiger partial charge in [0.1, 0.15) is 0 Å². The van der Waals surface area contributed by atoms with Crippen LogP contribution in [0.25, 0.3) is 0 Å². The lowest BCUT2D eigenvalue weighted by molar-refractivity contribution is 0.554. The van der Waals surface area contributed by atoms with E-state index in [1.165, 1.54) is 0 Å². The first kappa shape index (κ1) is 4.96. The number of hydrogen-bond donors (Lipinski definition) is 0. The normalized spacial score (nSPS) is 14.0. The molecule has 0 heterocycles. The Kier molecular flexibility index (Phi) is 2.19. The maximum atomic E-state index is 9.25. The molecule has 0 amide bonds. The average Bonchev–Trinajstić information content (AvgIpc) is 1.38. The van der Waals surface area contributed by atoms with Crippen LogP contribution in [0.5, 0.6) is 0 Å². The quantitative estimate of drug-likeness (QED) is 0.435. The molecule has 0 aromatic heterocycles. The van der Waals surface area contributed by atoms with Gasteiger partial charge in [-0.15, -0.1) is 11.6 Å². The Labute approximate surface area is 35.9 Å². The van der Waals surface area contributed by atoms with E-state index >= 15 is 0 Å². The summed E-state index contributed by atoms with van der Waals surface area (Å²) < 4.78 is 0. The molecule has 5 heavy (non-hydrogen) atoms. The van der Waals surface area contributed by atoms with Crippen molar-refractivity contribution in [3.63, 3.8) is 0 Å². The second kappa shape index (κ2) is 2.21. The monoisotopic (exact) mass is 91.0 g/mol. The molecular weight excluding hydrogens is 87.5 g/mol. The molecule has 1 nitrogen and oxygen atoms in total. The maximum Gasteiger partial charge on any atom is 0.217 e. The topological polar surface area (TPSA) is 17.1 Å². The average molecular weight is 91.5 g/mol. The summed E-state index contributed by atoms with van der Waals surface area (Å²) in [6.07, 6.45) is 1.54. The summed E-state index contributed by atoms with van der Waals surface area (Å²) in [5.41, 5.74) is 0. The first-order valence-corrected chi connectivity index (χ1v) is 1.72. The van der Waals surface area contributed by atoms with E-state index in [0.29, 0.717) is 0 Å². The number of halogens is 1. The van der Waals surface area contributed by atoms with Crippen molar-refractivity contribution in [1.29, 1.82) is 0 Å². The van der Waals surface area contributed by atoms with Gasteiger partial charge in [0.25, 0.3) is 0 Å². The van der Waals surface area contributed by atoms with E-state index in [-0.39, 0.29) is 0 Å². The standard InChI is InChI=1S/C3H4ClO/c1-3(4)2-5/h3H,1H3. The van der Waals surface area contributed by atoms with Crippen LogP contribution in [0.15, 0.2) is 0 Å². The maximum absolute atomic E-state index is 9.25. The Bertz CT molecular complexity index is 33.9. The van der Waals surface area contributed by atoms with Crippen LogP contribution in [0.1, 0.15) is 6.92 Å². The van der Waals surface area contributed by atoms with Crippen LogP contribution in [0, 0.1) is 0 Å². The zero-order valence-corrected chi connectivity index (χ0v) is 3.62. The first-order valence-electron chi connectivity index (χ1n) is 1.29. The molecule has 0 aromatic rings. The van der Waals surface area contributed by atoms with Gasteiger partial charge in [-0.25, -0.2) is 0 Å². The highest BCUT2D eigenvalue weighted by Gasteiger charge is 1.85. The molecule has 0 N–H and O–H groups in total. The highest BCUT2D eigenvalue weighted by Crippen LogP contribution is 1.82. The van der Waals surface area contributed by atoms with Crippen LogP contribution in [-0.4, -0.2) is 11.7 Å². The lowest BCUT2D eigenvalue weighted by Crippen LogP contribution is -1.86. The Balaban J connectivity index is 2.83. The summed E-state index contributed by atoms with van der Waals surface area (Å²) in [4.78, 5) is 9.25. The number of rotatable bonds is 1. The molecule has 29 valence electrons. The van der Waals surface area contributed by atoms with Crippen molar-refractivity contribution in [2.24, 2.45) is 0 Å². The summed E-state index contributed by atoms with van der Waals surface area (Å²) in [7, 11) is 0. The molecule has 0 saturated carbocycles. The second-order valence-electron chi connectivity index (χ2n) is 0.734. The molecule has 0 bridgehead atoms. The van der Waals surface area contributed by atoms with Gasteiger partial charge in [-0.1, -0.05) is 0 Å². The molecule has 0 aliphatic rings. The van der Waals surface area contributed by atoms with E-state index < -0.39 is 5.38 Å². The molecule has 0 aliphatic carbocycles. The zero-order chi connectivity index (χ0) is 4.28. The molecule has 0 rings (SSSR count). The Hall–Kier alpha value is -0.0400. The van der Waals surface area contributed by atoms with E-state index in [1.807, 2.05) is 0 Å². The van der Waals surface area contributed by atoms with E-state index in [9.17, 15) is 4.79 Å². The second-order valence-corrected chi connectivity index (χ2v) is 1.39. The molecule has 0 spiro atoms. The molecule has 0 aliphatic heterocycles. The smallest absolute Gasteiger partial charge is 0.217 e. The predicted molar refractivity (Wildman–Crippen MR) is 21.0 cm³/mol. The number of alkyl halides is 1. The van der Waals surface area contributed by atoms with Gasteiger partial charge in [0.15, 0.2) is 0 Å². The fourth-order valence-electron chi connectivity index (χ4n) is 0. The van der Waals surface area contributed by atoms with Gasteiger partial charge in [0, 0.05) is 0 Å². The minimum atomic E-state index is -0.449. The highest BCUT2D eigenvalue weighted by molar-refractivity contribution is 6.27. The van der Waals surface area contributed by atoms with Crippen molar-refractivity contribution in [2.45, 2.75) is 12.3 Å². The molecular formula is C3H4ClO. The third-order valence-electron chi connectivity index (χ3n) is 0.162. The molecule has 1 unspecified atom stereocenters. The highest BCUT2D eigenvalue weighted by atomic mass is 35.5. The summed E-state index contributed by atoms with van der Waals surface area (Å²) in [5, 5.41) is -0.449. The van der Waals surface area contributed by atoms with Crippen LogP contribution in [0.4, 0.5) is 0 Å². The largest absolute Gasteiger partial charge is 0.289 e. The third kappa shape index (κ3) is 3.96. The van der Waals surface area contributed by atoms with Crippen molar-refractivity contribution in [3.8, 4) is 0 Å². The van der Waals surface area contributed by atoms with E-state index in [4.69, 9.17) is 11.6 Å². The summed E-state index contributed by atoms with van der Waals surface area (Å²) >= 11 is 5.04. The van der Waals surface area contributed by atoms with Crippen molar-refractivity contribution in [1.82, 2.24) is 0 Å². The van der Waals surface area contributed by atoms with Gasteiger partial charge in [-0.3, -0.25) is 4.79 Å². The van der Waals surface area contributed by atoms with Crippen LogP contribution in [0.3, 0.4) is 0 Å². The van der Waals surface area contributed by atoms with Gasteiger partial charge in [-0.2, -0.15) is 0 Å². The molecule has 0 fully saturated rings. The number of carbonyl (C=O) groups excluding carboxylic acids is 1. The summed E-state index contributed by atoms with van der Waals surface area (Å²) in [6, 6.07) is 0. The summed E-state index contributed by atoms with van der Waals surface area (Å²) in [5.74, 6) is 0. The number of hydrogen-bond acceptors (Lipinski definition) is 1. The summed E-state index contributed by atoms with van der Waals surface area (Å²) in [6.45, 7) is 1.56. The van der Waals surface area contributed by atoms with Crippen LogP contribution < -0.4 is 0 Å². The lowest BCUT2D eigenvalue weighted by Gasteiger charge is -1.73. The fourth-order valence-corrected chi connectivity index (χ4v) is 0. The molecule has 0 aromatic carbocycles. The zero-order valence-electron chi connectivity index (χ0n) is 2.86. The fraction of sp³-hybridized carbons (Fsp3) is 0.667. The van der Waals surface area contributed by atoms with Gasteiger partial charge >= 0.3 is 0 Å². The van der Waals surface area contributed by atoms with Gasteiger partial charge in [0.2, 0.25) is 6.29 Å². The molecule has 1 atom stereocenters. The van der Waals surface area contributed by atoms with Crippen LogP contribution in [0.2, 0.25) is 0 Å². The van der Waals surface area contributed by atoms with Gasteiger partial charge in [-0.05, 0) is 6.92 Å². The van der Waals surface area contributed by atoms with E-state index in [0.717, 1.165) is 0 Å². The van der Waals surface area contributed by atoms with Gasteiger partial charge < -0.3 is 0 Å². The Morgan fingerprint density at radius 3 is 2.20 bits per heavy atom. The predicted octanol–water partition coefficient (Wildman–Crippen LogP) is 0.723. The Morgan fingerprint density at radius 2 is 2.20 bits per heavy atom. The first-order chi connectivity index (χ1) is 2.27. The van der Waals surface area contributed by atoms with E-state index in [2.05, 4.69) is 0 Å². The SMILES string of the molecule is CC(Cl)[C]=O. The minimum Gasteiger partial charge on any atom is -0.289 e.